The van der Waals surface area contributed by atoms with Crippen molar-refractivity contribution >= 4 is 5.78 Å². The molecule has 1 N–H and O–H groups in total. The minimum atomic E-state index is -0.0464. The maximum Gasteiger partial charge on any atom is 0.166 e. The van der Waals surface area contributed by atoms with Crippen LogP contribution in [0.2, 0.25) is 0 Å². The molecular formula is C20H18N2O3. The molecule has 2 aromatic carbocycles. The van der Waals surface area contributed by atoms with E-state index in [9.17, 15) is 9.90 Å². The topological polar surface area (TPSA) is 64.3 Å². The van der Waals surface area contributed by atoms with Crippen LogP contribution >= 0.6 is 0 Å². The molecular weight excluding hydrogens is 316 g/mol. The van der Waals surface area contributed by atoms with Crippen LogP contribution in [0.25, 0.3) is 5.69 Å². The lowest BCUT2D eigenvalue weighted by atomic mass is 9.82. The molecule has 0 saturated carbocycles. The first-order chi connectivity index (χ1) is 12.2. The van der Waals surface area contributed by atoms with E-state index in [0.717, 1.165) is 22.7 Å². The van der Waals surface area contributed by atoms with Crippen LogP contribution in [-0.2, 0) is 6.42 Å². The summed E-state index contributed by atoms with van der Waals surface area (Å²) >= 11 is 0. The summed E-state index contributed by atoms with van der Waals surface area (Å²) in [5.41, 5.74) is 3.24. The normalized spacial score (nSPS) is 16.5. The third-order valence-electron chi connectivity index (χ3n) is 4.73. The zero-order valence-electron chi connectivity index (χ0n) is 13.8. The van der Waals surface area contributed by atoms with Crippen molar-refractivity contribution in [1.29, 1.82) is 0 Å². The number of phenolic OH excluding ortho intramolecular Hbond substituents is 1. The van der Waals surface area contributed by atoms with Gasteiger partial charge in [0.1, 0.15) is 11.5 Å². The van der Waals surface area contributed by atoms with Crippen molar-refractivity contribution in [2.45, 2.75) is 18.8 Å². The van der Waals surface area contributed by atoms with Gasteiger partial charge in [0.2, 0.25) is 0 Å². The van der Waals surface area contributed by atoms with Crippen molar-refractivity contribution in [3.05, 3.63) is 71.5 Å². The van der Waals surface area contributed by atoms with Gasteiger partial charge < -0.3 is 9.84 Å². The van der Waals surface area contributed by atoms with Gasteiger partial charge in [-0.3, -0.25) is 4.79 Å². The molecule has 1 atom stereocenters. The van der Waals surface area contributed by atoms with Gasteiger partial charge >= 0.3 is 0 Å². The molecule has 0 saturated heterocycles. The highest BCUT2D eigenvalue weighted by atomic mass is 16.5. The van der Waals surface area contributed by atoms with Crippen LogP contribution in [0.4, 0.5) is 0 Å². The lowest BCUT2D eigenvalue weighted by Crippen LogP contribution is -2.20. The van der Waals surface area contributed by atoms with E-state index < -0.39 is 0 Å². The molecule has 0 amide bonds. The lowest BCUT2D eigenvalue weighted by molar-refractivity contribution is 0.0963. The number of nitrogens with zero attached hydrogens (tertiary/aromatic N) is 2. The summed E-state index contributed by atoms with van der Waals surface area (Å²) in [6.45, 7) is 0. The molecule has 1 aliphatic carbocycles. The van der Waals surface area contributed by atoms with Crippen LogP contribution < -0.4 is 4.74 Å². The number of methoxy groups -OCH3 is 1. The van der Waals surface area contributed by atoms with Crippen LogP contribution in [0.15, 0.2) is 54.7 Å². The molecule has 0 spiro atoms. The van der Waals surface area contributed by atoms with E-state index in [-0.39, 0.29) is 17.5 Å². The molecule has 1 aliphatic rings. The van der Waals surface area contributed by atoms with Crippen molar-refractivity contribution < 1.29 is 14.6 Å². The van der Waals surface area contributed by atoms with Crippen molar-refractivity contribution in [3.63, 3.8) is 0 Å². The maximum atomic E-state index is 12.6. The molecule has 0 bridgehead atoms. The smallest absolute Gasteiger partial charge is 0.166 e. The first kappa shape index (κ1) is 15.4. The second-order valence-corrected chi connectivity index (χ2v) is 6.20. The second kappa shape index (κ2) is 6.09. The highest BCUT2D eigenvalue weighted by Gasteiger charge is 2.31. The standard InChI is InChI=1S/C20H18N2O3/c1-25-15-8-6-14(7-9-15)22-18-10-13(11-20(24)17(18)12-21-22)16-4-2-3-5-19(16)23/h2-9,12-13,23H,10-11H2,1H3/t13-/m1/s1. The van der Waals surface area contributed by atoms with Crippen LogP contribution in [0.3, 0.4) is 0 Å². The van der Waals surface area contributed by atoms with E-state index in [1.165, 1.54) is 0 Å². The Labute approximate surface area is 145 Å². The van der Waals surface area contributed by atoms with Crippen LogP contribution in [0.5, 0.6) is 11.5 Å². The first-order valence-electron chi connectivity index (χ1n) is 8.20. The fourth-order valence-electron chi connectivity index (χ4n) is 3.44. The lowest BCUT2D eigenvalue weighted by Gasteiger charge is -2.23. The molecule has 5 heteroatoms. The SMILES string of the molecule is COc1ccc(-n2ncc3c2C[C@@H](c2ccccc2O)CC3=O)cc1. The predicted molar refractivity (Wildman–Crippen MR) is 93.6 cm³/mol. The number of aromatic nitrogens is 2. The van der Waals surface area contributed by atoms with Crippen molar-refractivity contribution in [3.8, 4) is 17.2 Å². The zero-order valence-corrected chi connectivity index (χ0v) is 13.8. The summed E-state index contributed by atoms with van der Waals surface area (Å²) in [6, 6.07) is 14.8. The number of fused-ring (bicyclic) bond motifs is 1. The Kier molecular flexibility index (Phi) is 3.76. The van der Waals surface area contributed by atoms with Crippen LogP contribution in [0, 0.1) is 0 Å². The van der Waals surface area contributed by atoms with Gasteiger partial charge in [0, 0.05) is 12.3 Å². The number of aromatic hydroxyl groups is 1. The summed E-state index contributed by atoms with van der Waals surface area (Å²) in [6.07, 6.45) is 2.69. The number of phenols is 1. The third-order valence-corrected chi connectivity index (χ3v) is 4.73. The fourth-order valence-corrected chi connectivity index (χ4v) is 3.44. The molecule has 0 aliphatic heterocycles. The molecule has 3 aromatic rings. The minimum absolute atomic E-state index is 0.0464. The molecule has 1 heterocycles. The largest absolute Gasteiger partial charge is 0.508 e. The quantitative estimate of drug-likeness (QED) is 0.796. The van der Waals surface area contributed by atoms with Crippen LogP contribution in [0.1, 0.15) is 34.0 Å². The number of carbonyl (C=O) groups excluding carboxylic acids is 1. The highest BCUT2D eigenvalue weighted by Crippen LogP contribution is 2.37. The van der Waals surface area contributed by atoms with Crippen molar-refractivity contribution in [2.75, 3.05) is 7.11 Å². The Morgan fingerprint density at radius 2 is 1.88 bits per heavy atom. The Bertz CT molecular complexity index is 928. The second-order valence-electron chi connectivity index (χ2n) is 6.20. The Balaban J connectivity index is 1.74. The summed E-state index contributed by atoms with van der Waals surface area (Å²) < 4.78 is 7.00. The van der Waals surface area contributed by atoms with Gasteiger partial charge in [-0.1, -0.05) is 18.2 Å². The monoisotopic (exact) mass is 334 g/mol. The van der Waals surface area contributed by atoms with E-state index in [1.54, 1.807) is 30.1 Å². The summed E-state index contributed by atoms with van der Waals surface area (Å²) in [5, 5.41) is 14.6. The molecule has 0 unspecified atom stereocenters. The Morgan fingerprint density at radius 3 is 2.60 bits per heavy atom. The third kappa shape index (κ3) is 2.67. The summed E-state index contributed by atoms with van der Waals surface area (Å²) in [7, 11) is 1.63. The van der Waals surface area contributed by atoms with E-state index in [0.29, 0.717) is 18.4 Å². The van der Waals surface area contributed by atoms with Crippen molar-refractivity contribution in [1.82, 2.24) is 9.78 Å². The number of hydrogen-bond acceptors (Lipinski definition) is 4. The van der Waals surface area contributed by atoms with Gasteiger partial charge in [-0.15, -0.1) is 0 Å². The van der Waals surface area contributed by atoms with E-state index in [2.05, 4.69) is 5.10 Å². The molecule has 1 aromatic heterocycles. The van der Waals surface area contributed by atoms with E-state index in [1.807, 2.05) is 36.4 Å². The Hall–Kier alpha value is -3.08. The average Bonchev–Trinajstić information content (AvgIpc) is 3.07. The van der Waals surface area contributed by atoms with Gasteiger partial charge in [-0.05, 0) is 42.3 Å². The van der Waals surface area contributed by atoms with E-state index >= 15 is 0 Å². The molecule has 5 nitrogen and oxygen atoms in total. The number of para-hydroxylation sites is 1. The number of ether oxygens (including phenoxy) is 1. The number of Topliss-reactive ketones (excluding diaryl/α,β-unsaturated/α-hetero) is 1. The number of hydrogen-bond donors (Lipinski definition) is 1. The van der Waals surface area contributed by atoms with E-state index in [4.69, 9.17) is 4.74 Å². The van der Waals surface area contributed by atoms with Gasteiger partial charge in [0.05, 0.1) is 30.3 Å². The van der Waals surface area contributed by atoms with Crippen LogP contribution in [-0.4, -0.2) is 27.8 Å². The molecule has 4 rings (SSSR count). The number of rotatable bonds is 3. The van der Waals surface area contributed by atoms with Gasteiger partial charge in [0.25, 0.3) is 0 Å². The van der Waals surface area contributed by atoms with Crippen molar-refractivity contribution in [2.24, 2.45) is 0 Å². The zero-order chi connectivity index (χ0) is 17.4. The maximum absolute atomic E-state index is 12.6. The number of benzene rings is 2. The summed E-state index contributed by atoms with van der Waals surface area (Å²) in [5.74, 6) is 1.02. The molecule has 0 radical (unpaired) electrons. The molecule has 25 heavy (non-hydrogen) atoms. The van der Waals surface area contributed by atoms with Gasteiger partial charge in [0.15, 0.2) is 5.78 Å². The highest BCUT2D eigenvalue weighted by molar-refractivity contribution is 5.98. The molecule has 126 valence electrons. The first-order valence-corrected chi connectivity index (χ1v) is 8.20. The van der Waals surface area contributed by atoms with Gasteiger partial charge in [-0.25, -0.2) is 4.68 Å². The van der Waals surface area contributed by atoms with Gasteiger partial charge in [-0.2, -0.15) is 5.10 Å². The average molecular weight is 334 g/mol. The minimum Gasteiger partial charge on any atom is -0.508 e. The summed E-state index contributed by atoms with van der Waals surface area (Å²) in [4.78, 5) is 12.6. The number of ketones is 1. The Morgan fingerprint density at radius 1 is 1.12 bits per heavy atom. The predicted octanol–water partition coefficient (Wildman–Crippen LogP) is 3.50. The fraction of sp³-hybridized carbons (Fsp3) is 0.200. The number of carbonyl (C=O) groups is 1. The molecule has 0 fully saturated rings.